The quantitative estimate of drug-likeness (QED) is 0.242. The van der Waals surface area contributed by atoms with E-state index in [0.29, 0.717) is 19.8 Å². The largest absolute Gasteiger partial charge is 0.493 e. The van der Waals surface area contributed by atoms with Gasteiger partial charge in [-0.05, 0) is 67.5 Å². The van der Waals surface area contributed by atoms with Crippen molar-refractivity contribution < 1.29 is 14.3 Å². The normalized spacial score (nSPS) is 10.5. The van der Waals surface area contributed by atoms with Crippen LogP contribution < -0.4 is 15.0 Å². The maximum Gasteiger partial charge on any atom is 0.125 e. The Bertz CT molecular complexity index is 849. The van der Waals surface area contributed by atoms with Crippen molar-refractivity contribution in [3.63, 3.8) is 0 Å². The minimum Gasteiger partial charge on any atom is -0.493 e. The zero-order chi connectivity index (χ0) is 22.5. The van der Waals surface area contributed by atoms with Crippen molar-refractivity contribution in [2.45, 2.75) is 39.5 Å². The Labute approximate surface area is 195 Å². The van der Waals surface area contributed by atoms with Crippen LogP contribution in [-0.2, 0) is 11.3 Å². The number of rotatable bonds is 14. The van der Waals surface area contributed by atoms with E-state index in [1.165, 1.54) is 0 Å². The summed E-state index contributed by atoms with van der Waals surface area (Å²) >= 11 is 11.2. The highest BCUT2D eigenvalue weighted by atomic mass is 35.5. The maximum atomic E-state index is 6.08. The molecule has 31 heavy (non-hydrogen) atoms. The molecule has 4 nitrogen and oxygen atoms in total. The number of halogens is 2. The zero-order valence-electron chi connectivity index (χ0n) is 18.3. The molecule has 0 spiro atoms. The SMILES string of the molecule is C=C(NOCCCCCOc1c(C)cc(OCC=C(Cl)Cl)cc1CC)c1ccccc1. The van der Waals surface area contributed by atoms with E-state index in [4.69, 9.17) is 37.5 Å². The maximum absolute atomic E-state index is 6.08. The van der Waals surface area contributed by atoms with E-state index in [2.05, 4.69) is 19.0 Å². The Balaban J connectivity index is 1.67. The smallest absolute Gasteiger partial charge is 0.125 e. The zero-order valence-corrected chi connectivity index (χ0v) is 19.8. The minimum absolute atomic E-state index is 0.203. The first kappa shape index (κ1) is 25.1. The molecule has 2 rings (SSSR count). The van der Waals surface area contributed by atoms with Crippen LogP contribution in [0, 0.1) is 6.92 Å². The van der Waals surface area contributed by atoms with Gasteiger partial charge in [-0.2, -0.15) is 0 Å². The van der Waals surface area contributed by atoms with Crippen molar-refractivity contribution in [1.29, 1.82) is 0 Å². The third-order valence-corrected chi connectivity index (χ3v) is 4.96. The number of hydrogen-bond acceptors (Lipinski definition) is 4. The highest BCUT2D eigenvalue weighted by Gasteiger charge is 2.09. The summed E-state index contributed by atoms with van der Waals surface area (Å²) in [5.41, 5.74) is 6.88. The molecule has 0 amide bonds. The van der Waals surface area contributed by atoms with Gasteiger partial charge in [-0.25, -0.2) is 0 Å². The Morgan fingerprint density at radius 3 is 2.48 bits per heavy atom. The van der Waals surface area contributed by atoms with Crippen molar-refractivity contribution in [2.24, 2.45) is 0 Å². The van der Waals surface area contributed by atoms with E-state index in [1.54, 1.807) is 6.08 Å². The van der Waals surface area contributed by atoms with Crippen LogP contribution in [0.5, 0.6) is 11.5 Å². The van der Waals surface area contributed by atoms with Crippen LogP contribution in [-0.4, -0.2) is 19.8 Å². The van der Waals surface area contributed by atoms with E-state index in [-0.39, 0.29) is 4.49 Å². The van der Waals surface area contributed by atoms with Crippen LogP contribution in [0.25, 0.3) is 5.70 Å². The molecule has 0 bridgehead atoms. The standard InChI is InChI=1S/C25H31Cl2NO3/c1-4-21-18-23(29-16-13-24(26)27)17-19(2)25(21)30-14-9-6-10-15-31-28-20(3)22-11-7-5-8-12-22/h5,7-8,11-13,17-18,28H,3-4,6,9-10,14-16H2,1-2H3. The molecule has 0 unspecified atom stereocenters. The van der Waals surface area contributed by atoms with Gasteiger partial charge in [0.05, 0.1) is 18.9 Å². The molecule has 0 fully saturated rings. The van der Waals surface area contributed by atoms with Crippen LogP contribution in [0.4, 0.5) is 0 Å². The van der Waals surface area contributed by atoms with E-state index in [9.17, 15) is 0 Å². The summed E-state index contributed by atoms with van der Waals surface area (Å²) in [6.07, 6.45) is 5.41. The van der Waals surface area contributed by atoms with Gasteiger partial charge in [0.1, 0.15) is 22.6 Å². The lowest BCUT2D eigenvalue weighted by Crippen LogP contribution is -2.13. The van der Waals surface area contributed by atoms with Gasteiger partial charge in [0.2, 0.25) is 0 Å². The topological polar surface area (TPSA) is 39.7 Å². The lowest BCUT2D eigenvalue weighted by atomic mass is 10.1. The highest BCUT2D eigenvalue weighted by Crippen LogP contribution is 2.30. The van der Waals surface area contributed by atoms with Gasteiger partial charge < -0.3 is 9.47 Å². The Kier molecular flexibility index (Phi) is 11.4. The van der Waals surface area contributed by atoms with Gasteiger partial charge in [-0.1, -0.05) is 67.0 Å². The lowest BCUT2D eigenvalue weighted by Gasteiger charge is -2.16. The lowest BCUT2D eigenvalue weighted by molar-refractivity contribution is 0.0747. The first-order chi connectivity index (χ1) is 15.0. The van der Waals surface area contributed by atoms with Gasteiger partial charge in [0, 0.05) is 0 Å². The molecule has 1 N–H and O–H groups in total. The Hall–Kier alpha value is -2.14. The van der Waals surface area contributed by atoms with E-state index in [1.807, 2.05) is 49.4 Å². The first-order valence-electron chi connectivity index (χ1n) is 10.5. The van der Waals surface area contributed by atoms with Gasteiger partial charge in [-0.3, -0.25) is 10.3 Å². The predicted octanol–water partition coefficient (Wildman–Crippen LogP) is 7.00. The summed E-state index contributed by atoms with van der Waals surface area (Å²) in [5, 5.41) is 0. The second kappa shape index (κ2) is 14.0. The van der Waals surface area contributed by atoms with E-state index >= 15 is 0 Å². The number of hydroxylamine groups is 1. The van der Waals surface area contributed by atoms with Crippen LogP contribution in [0.1, 0.15) is 42.9 Å². The molecular weight excluding hydrogens is 433 g/mol. The molecule has 0 radical (unpaired) electrons. The minimum atomic E-state index is 0.203. The second-order valence-electron chi connectivity index (χ2n) is 7.09. The average molecular weight is 464 g/mol. The van der Waals surface area contributed by atoms with Crippen molar-refractivity contribution >= 4 is 28.9 Å². The molecule has 0 saturated heterocycles. The van der Waals surface area contributed by atoms with Crippen molar-refractivity contribution in [3.05, 3.63) is 76.3 Å². The number of benzene rings is 2. The van der Waals surface area contributed by atoms with Gasteiger partial charge in [0.15, 0.2) is 0 Å². The van der Waals surface area contributed by atoms with Gasteiger partial charge >= 0.3 is 0 Å². The Morgan fingerprint density at radius 1 is 1.03 bits per heavy atom. The fourth-order valence-corrected chi connectivity index (χ4v) is 3.15. The predicted molar refractivity (Wildman–Crippen MR) is 130 cm³/mol. The summed E-state index contributed by atoms with van der Waals surface area (Å²) in [6.45, 7) is 9.75. The molecule has 0 atom stereocenters. The van der Waals surface area contributed by atoms with E-state index in [0.717, 1.165) is 59.6 Å². The molecule has 0 aliphatic heterocycles. The number of unbranched alkanes of at least 4 members (excludes halogenated alkanes) is 2. The molecular formula is C25H31Cl2NO3. The average Bonchev–Trinajstić information content (AvgIpc) is 2.76. The molecule has 0 aliphatic rings. The first-order valence-corrected chi connectivity index (χ1v) is 11.3. The van der Waals surface area contributed by atoms with Crippen LogP contribution in [0.15, 0.2) is 59.6 Å². The number of nitrogens with one attached hydrogen (secondary N) is 1. The number of aryl methyl sites for hydroxylation is 2. The summed E-state index contributed by atoms with van der Waals surface area (Å²) in [5.74, 6) is 1.73. The Morgan fingerprint density at radius 2 is 1.77 bits per heavy atom. The molecule has 0 aromatic heterocycles. The van der Waals surface area contributed by atoms with Crippen molar-refractivity contribution in [1.82, 2.24) is 5.48 Å². The monoisotopic (exact) mass is 463 g/mol. The number of hydrogen-bond donors (Lipinski definition) is 1. The summed E-state index contributed by atoms with van der Waals surface area (Å²) in [4.78, 5) is 5.51. The molecule has 0 aliphatic carbocycles. The fourth-order valence-electron chi connectivity index (χ4n) is 3.03. The highest BCUT2D eigenvalue weighted by molar-refractivity contribution is 6.55. The molecule has 2 aromatic rings. The number of ether oxygens (including phenoxy) is 2. The fraction of sp³-hybridized carbons (Fsp3) is 0.360. The molecule has 0 saturated carbocycles. The molecule has 2 aromatic carbocycles. The molecule has 0 heterocycles. The van der Waals surface area contributed by atoms with Gasteiger partial charge in [0.25, 0.3) is 0 Å². The molecule has 168 valence electrons. The third kappa shape index (κ3) is 9.26. The van der Waals surface area contributed by atoms with Crippen molar-refractivity contribution in [3.8, 4) is 11.5 Å². The summed E-state index contributed by atoms with van der Waals surface area (Å²) < 4.78 is 12.0. The van der Waals surface area contributed by atoms with E-state index < -0.39 is 0 Å². The third-order valence-electron chi connectivity index (χ3n) is 4.65. The van der Waals surface area contributed by atoms with Crippen LogP contribution in [0.2, 0.25) is 0 Å². The second-order valence-corrected chi connectivity index (χ2v) is 8.10. The molecule has 6 heteroatoms. The van der Waals surface area contributed by atoms with Crippen LogP contribution >= 0.6 is 23.2 Å². The van der Waals surface area contributed by atoms with Gasteiger partial charge in [-0.15, -0.1) is 0 Å². The van der Waals surface area contributed by atoms with Crippen LogP contribution in [0.3, 0.4) is 0 Å². The summed E-state index contributed by atoms with van der Waals surface area (Å²) in [6, 6.07) is 13.9. The summed E-state index contributed by atoms with van der Waals surface area (Å²) in [7, 11) is 0. The van der Waals surface area contributed by atoms with Crippen molar-refractivity contribution in [2.75, 3.05) is 19.8 Å².